The van der Waals surface area contributed by atoms with Gasteiger partial charge in [0.2, 0.25) is 0 Å². The summed E-state index contributed by atoms with van der Waals surface area (Å²) in [7, 11) is -1.71. The molecule has 0 aliphatic rings. The lowest BCUT2D eigenvalue weighted by Gasteiger charge is -2.36. The summed E-state index contributed by atoms with van der Waals surface area (Å²) < 4.78 is 17.3. The molecule has 0 radical (unpaired) electrons. The number of halogens is 1. The van der Waals surface area contributed by atoms with Gasteiger partial charge in [0.25, 0.3) is 0 Å². The predicted molar refractivity (Wildman–Crippen MR) is 111 cm³/mol. The summed E-state index contributed by atoms with van der Waals surface area (Å²) in [5.74, 6) is -0.634. The summed E-state index contributed by atoms with van der Waals surface area (Å²) >= 11 is 2.14. The number of hydrogen-bond acceptors (Lipinski definition) is 5. The van der Waals surface area contributed by atoms with Crippen molar-refractivity contribution < 1.29 is 23.5 Å². The normalized spacial score (nSPS) is 14.2. The highest BCUT2D eigenvalue weighted by Gasteiger charge is 2.36. The van der Waals surface area contributed by atoms with Gasteiger partial charge in [0.05, 0.1) is 0 Å². The van der Waals surface area contributed by atoms with Crippen LogP contribution in [0.5, 0.6) is 0 Å². The summed E-state index contributed by atoms with van der Waals surface area (Å²) in [5, 5.41) is 0.210. The second-order valence-electron chi connectivity index (χ2n) is 7.59. The van der Waals surface area contributed by atoms with Gasteiger partial charge in [-0.05, 0) is 66.1 Å². The lowest BCUT2D eigenvalue weighted by molar-refractivity contribution is -0.144. The zero-order valence-corrected chi connectivity index (χ0v) is 19.8. The zero-order valence-electron chi connectivity index (χ0n) is 16.6. The van der Waals surface area contributed by atoms with Crippen LogP contribution in [0.1, 0.15) is 53.9 Å². The van der Waals surface area contributed by atoms with Gasteiger partial charge in [0, 0.05) is 24.0 Å². The number of esters is 2. The zero-order chi connectivity index (χ0) is 19.7. The van der Waals surface area contributed by atoms with Crippen LogP contribution in [-0.4, -0.2) is 39.6 Å². The molecule has 0 heterocycles. The topological polar surface area (TPSA) is 61.8 Å². The SMILES string of the molecule is CC(=O)OC/C=C(/I)[C@H](CCCCO[Si](C)(C)C(C)(C)C)OC(C)=O. The van der Waals surface area contributed by atoms with Gasteiger partial charge in [-0.2, -0.15) is 0 Å². The average molecular weight is 484 g/mol. The minimum atomic E-state index is -1.71. The van der Waals surface area contributed by atoms with Gasteiger partial charge in [-0.15, -0.1) is 0 Å². The Morgan fingerprint density at radius 2 is 1.72 bits per heavy atom. The molecule has 0 N–H and O–H groups in total. The van der Waals surface area contributed by atoms with E-state index >= 15 is 0 Å². The van der Waals surface area contributed by atoms with E-state index in [1.165, 1.54) is 13.8 Å². The number of carbonyl (C=O) groups excluding carboxylic acids is 2. The van der Waals surface area contributed by atoms with Gasteiger partial charge in [-0.1, -0.05) is 20.8 Å². The maximum Gasteiger partial charge on any atom is 0.303 e. The summed E-state index contributed by atoms with van der Waals surface area (Å²) in [5.41, 5.74) is 0. The molecule has 0 bridgehead atoms. The van der Waals surface area contributed by atoms with Gasteiger partial charge in [-0.3, -0.25) is 9.59 Å². The standard InChI is InChI=1S/C18H33IO5Si/c1-14(20)22-13-11-16(19)17(24-15(2)21)10-8-9-12-23-25(6,7)18(3,4)5/h11,17H,8-10,12-13H2,1-7H3/b16-11+/t17-/m0/s1. The fourth-order valence-corrected chi connectivity index (χ4v) is 3.51. The van der Waals surface area contributed by atoms with Gasteiger partial charge in [0.1, 0.15) is 12.7 Å². The molecule has 0 aromatic heterocycles. The summed E-state index contributed by atoms with van der Waals surface area (Å²) in [4.78, 5) is 22.1. The van der Waals surface area contributed by atoms with Crippen LogP contribution in [0, 0.1) is 0 Å². The van der Waals surface area contributed by atoms with Crippen molar-refractivity contribution in [2.24, 2.45) is 0 Å². The fraction of sp³-hybridized carbons (Fsp3) is 0.778. The van der Waals surface area contributed by atoms with Crippen LogP contribution in [0.4, 0.5) is 0 Å². The Morgan fingerprint density at radius 3 is 2.20 bits per heavy atom. The van der Waals surface area contributed by atoms with Crippen LogP contribution in [0.25, 0.3) is 0 Å². The minimum Gasteiger partial charge on any atom is -0.462 e. The lowest BCUT2D eigenvalue weighted by Crippen LogP contribution is -2.40. The smallest absolute Gasteiger partial charge is 0.303 e. The van der Waals surface area contributed by atoms with E-state index in [9.17, 15) is 9.59 Å². The van der Waals surface area contributed by atoms with E-state index in [-0.39, 0.29) is 29.7 Å². The summed E-state index contributed by atoms with van der Waals surface area (Å²) in [6.07, 6.45) is 4.05. The molecule has 146 valence electrons. The number of ether oxygens (including phenoxy) is 2. The largest absolute Gasteiger partial charge is 0.462 e. The molecule has 25 heavy (non-hydrogen) atoms. The highest BCUT2D eigenvalue weighted by atomic mass is 127. The van der Waals surface area contributed by atoms with Crippen molar-refractivity contribution in [2.45, 2.75) is 78.1 Å². The first kappa shape index (κ1) is 24.6. The van der Waals surface area contributed by atoms with E-state index in [0.717, 1.165) is 29.4 Å². The van der Waals surface area contributed by atoms with Crippen LogP contribution in [-0.2, 0) is 23.5 Å². The average Bonchev–Trinajstić information content (AvgIpc) is 2.43. The maximum atomic E-state index is 11.3. The van der Waals surface area contributed by atoms with Crippen LogP contribution in [0.3, 0.4) is 0 Å². The van der Waals surface area contributed by atoms with E-state index in [2.05, 4.69) is 56.5 Å². The van der Waals surface area contributed by atoms with Crippen molar-refractivity contribution in [3.8, 4) is 0 Å². The number of carbonyl (C=O) groups is 2. The molecule has 0 spiro atoms. The predicted octanol–water partition coefficient (Wildman–Crippen LogP) is 4.99. The highest BCUT2D eigenvalue weighted by molar-refractivity contribution is 14.1. The Balaban J connectivity index is 4.41. The molecule has 1 atom stereocenters. The van der Waals surface area contributed by atoms with Gasteiger partial charge >= 0.3 is 11.9 Å². The first-order chi connectivity index (χ1) is 11.4. The molecule has 0 aliphatic heterocycles. The Hall–Kier alpha value is -0.413. The molecule has 0 aliphatic carbocycles. The minimum absolute atomic E-state index is 0.194. The first-order valence-electron chi connectivity index (χ1n) is 8.67. The fourth-order valence-electron chi connectivity index (χ4n) is 1.80. The van der Waals surface area contributed by atoms with Crippen molar-refractivity contribution >= 4 is 42.8 Å². The van der Waals surface area contributed by atoms with Crippen molar-refractivity contribution in [1.82, 2.24) is 0 Å². The van der Waals surface area contributed by atoms with Gasteiger partial charge in [-0.25, -0.2) is 0 Å². The Kier molecular flexibility index (Phi) is 11.1. The third-order valence-electron chi connectivity index (χ3n) is 4.31. The second-order valence-corrected chi connectivity index (χ2v) is 13.6. The molecule has 0 amide bonds. The first-order valence-corrected chi connectivity index (χ1v) is 12.7. The third-order valence-corrected chi connectivity index (χ3v) is 9.98. The van der Waals surface area contributed by atoms with Crippen LogP contribution in [0.15, 0.2) is 9.66 Å². The number of hydrogen-bond donors (Lipinski definition) is 0. The summed E-state index contributed by atoms with van der Waals surface area (Å²) in [6.45, 7) is 14.9. The molecule has 0 unspecified atom stereocenters. The van der Waals surface area contributed by atoms with Crippen molar-refractivity contribution in [1.29, 1.82) is 0 Å². The Labute approximate surface area is 167 Å². The quantitative estimate of drug-likeness (QED) is 0.189. The molecule has 0 fully saturated rings. The van der Waals surface area contributed by atoms with E-state index in [1.807, 2.05) is 0 Å². The molecule has 5 nitrogen and oxygen atoms in total. The highest BCUT2D eigenvalue weighted by Crippen LogP contribution is 2.36. The molecule has 0 aromatic rings. The van der Waals surface area contributed by atoms with E-state index in [4.69, 9.17) is 13.9 Å². The van der Waals surface area contributed by atoms with Crippen LogP contribution < -0.4 is 0 Å². The monoisotopic (exact) mass is 484 g/mol. The van der Waals surface area contributed by atoms with E-state index in [0.29, 0.717) is 0 Å². The molecular weight excluding hydrogens is 451 g/mol. The van der Waals surface area contributed by atoms with Crippen LogP contribution in [0.2, 0.25) is 18.1 Å². The third kappa shape index (κ3) is 11.0. The molecule has 0 aromatic carbocycles. The van der Waals surface area contributed by atoms with E-state index in [1.54, 1.807) is 6.08 Å². The van der Waals surface area contributed by atoms with Crippen LogP contribution >= 0.6 is 22.6 Å². The molecule has 0 rings (SSSR count). The molecule has 7 heteroatoms. The maximum absolute atomic E-state index is 11.3. The van der Waals surface area contributed by atoms with Gasteiger partial charge < -0.3 is 13.9 Å². The molecular formula is C18H33IO5Si. The van der Waals surface area contributed by atoms with E-state index < -0.39 is 8.32 Å². The van der Waals surface area contributed by atoms with Gasteiger partial charge in [0.15, 0.2) is 8.32 Å². The Morgan fingerprint density at radius 1 is 1.12 bits per heavy atom. The van der Waals surface area contributed by atoms with Crippen molar-refractivity contribution in [3.63, 3.8) is 0 Å². The van der Waals surface area contributed by atoms with Crippen molar-refractivity contribution in [3.05, 3.63) is 9.66 Å². The second kappa shape index (κ2) is 11.3. The summed E-state index contributed by atoms with van der Waals surface area (Å²) in [6, 6.07) is 0. The molecule has 0 saturated heterocycles. The number of rotatable bonds is 10. The lowest BCUT2D eigenvalue weighted by atomic mass is 10.1. The molecule has 0 saturated carbocycles. The van der Waals surface area contributed by atoms with Crippen molar-refractivity contribution in [2.75, 3.05) is 13.2 Å². The Bertz CT molecular complexity index is 469. The number of unbranched alkanes of at least 4 members (excludes halogenated alkanes) is 1.